The Balaban J connectivity index is 0.000000157. The summed E-state index contributed by atoms with van der Waals surface area (Å²) in [6, 6.07) is 37.6. The maximum Gasteiger partial charge on any atom is 0.488 e. The lowest BCUT2D eigenvalue weighted by atomic mass is 9.81. The quantitative estimate of drug-likeness (QED) is 0.0754. The van der Waals surface area contributed by atoms with E-state index >= 15 is 8.78 Å². The molecule has 0 spiro atoms. The Morgan fingerprint density at radius 3 is 1.45 bits per heavy atom. The summed E-state index contributed by atoms with van der Waals surface area (Å²) in [6.07, 6.45) is 6.87. The SMILES string of the molecule is Cc1c(-c2ccccn2)nc2cc(F)cc(F)c2c1Nc1cc(N2CCOCC2)ncc1-c1ccccc1.Cc1c(-c2ccccn2)nc2cc(F)cc(F)c2c1Nc1cc(N2CCOCC2)ncc1Br.OB(O)c1ccccc1. The fourth-order valence-electron chi connectivity index (χ4n) is 9.37. The molecule has 6 aromatic heterocycles. The van der Waals surface area contributed by atoms with Gasteiger partial charge in [-0.1, -0.05) is 72.8 Å². The van der Waals surface area contributed by atoms with Crippen LogP contribution >= 0.6 is 15.9 Å². The zero-order valence-electron chi connectivity index (χ0n) is 43.4. The minimum Gasteiger partial charge on any atom is -0.423 e. The summed E-state index contributed by atoms with van der Waals surface area (Å²) >= 11 is 3.54. The van der Waals surface area contributed by atoms with Crippen LogP contribution in [-0.4, -0.2) is 99.7 Å². The van der Waals surface area contributed by atoms with Gasteiger partial charge in [0.2, 0.25) is 0 Å². The number of hydrogen-bond donors (Lipinski definition) is 4. The van der Waals surface area contributed by atoms with E-state index in [0.717, 1.165) is 66.8 Å². The Morgan fingerprint density at radius 1 is 0.537 bits per heavy atom. The molecule has 2 saturated heterocycles. The molecule has 0 unspecified atom stereocenters. The van der Waals surface area contributed by atoms with Crippen molar-refractivity contribution in [2.75, 3.05) is 73.0 Å². The summed E-state index contributed by atoms with van der Waals surface area (Å²) in [7, 11) is -1.34. The van der Waals surface area contributed by atoms with Gasteiger partial charge in [-0.25, -0.2) is 37.5 Å². The maximum absolute atomic E-state index is 15.3. The second kappa shape index (κ2) is 25.2. The number of nitrogens with zero attached hydrogens (tertiary/aromatic N) is 8. The monoisotopic (exact) mass is 1140 g/mol. The largest absolute Gasteiger partial charge is 0.488 e. The number of pyridine rings is 6. The number of morpholine rings is 2. The third-order valence-corrected chi connectivity index (χ3v) is 14.0. The van der Waals surface area contributed by atoms with Crippen molar-refractivity contribution in [1.29, 1.82) is 0 Å². The average molecular weight is 1140 g/mol. The molecular formula is C60H52BBrF4N10O4. The molecule has 2 aliphatic rings. The van der Waals surface area contributed by atoms with Crippen molar-refractivity contribution in [2.24, 2.45) is 0 Å². The van der Waals surface area contributed by atoms with Crippen LogP contribution < -0.4 is 25.9 Å². The Hall–Kier alpha value is -8.40. The summed E-state index contributed by atoms with van der Waals surface area (Å²) in [5, 5.41) is 24.4. The normalized spacial score (nSPS) is 13.3. The standard InChI is InChI=1S/C30H25F2N5O.C24H20BrF2N5O.C6H7BO2/c1-19-29(24-9-5-6-10-33-24)36-26-16-21(31)15-23(32)28(26)30(19)35-25-17-27(37-11-13-38-14-12-37)34-18-22(25)20-7-3-2-4-8-20;1-14-23(18-4-2-3-5-28-18)31-20-11-15(26)10-17(27)22(20)24(14)30-19-12-21(29-13-16(19)25)32-6-8-33-9-7-32;8-7(9)6-4-2-1-3-5-6/h2-10,15-18H,11-14H2,1H3,(H,34,35,36);2-5,10-13H,6-9H2,1H3,(H,29,30,31);1-5,8-9H. The van der Waals surface area contributed by atoms with Crippen LogP contribution in [0.25, 0.3) is 55.7 Å². The van der Waals surface area contributed by atoms with E-state index in [0.29, 0.717) is 87.3 Å². The van der Waals surface area contributed by atoms with Crippen LogP contribution in [0.3, 0.4) is 0 Å². The van der Waals surface area contributed by atoms with Crippen molar-refractivity contribution in [1.82, 2.24) is 29.9 Å². The minimum atomic E-state index is -1.34. The molecular weight excluding hydrogens is 1090 g/mol. The first kappa shape index (κ1) is 54.9. The van der Waals surface area contributed by atoms with Crippen LogP contribution in [0.5, 0.6) is 0 Å². The molecule has 0 amide bonds. The number of aromatic nitrogens is 6. The number of hydrogen-bond acceptors (Lipinski definition) is 14. The summed E-state index contributed by atoms with van der Waals surface area (Å²) < 4.78 is 70.4. The van der Waals surface area contributed by atoms with E-state index in [4.69, 9.17) is 24.5 Å². The van der Waals surface area contributed by atoms with E-state index in [1.54, 1.807) is 48.9 Å². The van der Waals surface area contributed by atoms with E-state index in [1.165, 1.54) is 12.1 Å². The Kier molecular flexibility index (Phi) is 17.3. The lowest BCUT2D eigenvalue weighted by Gasteiger charge is -2.28. The minimum absolute atomic E-state index is 0.208. The second-order valence-electron chi connectivity index (χ2n) is 18.6. The molecule has 0 saturated carbocycles. The van der Waals surface area contributed by atoms with Crippen LogP contribution in [-0.2, 0) is 9.47 Å². The first-order chi connectivity index (χ1) is 38.9. The fourth-order valence-corrected chi connectivity index (χ4v) is 9.69. The predicted octanol–water partition coefficient (Wildman–Crippen LogP) is 11.5. The molecule has 10 aromatic rings. The lowest BCUT2D eigenvalue weighted by Crippen LogP contribution is -2.36. The van der Waals surface area contributed by atoms with Crippen molar-refractivity contribution in [3.8, 4) is 33.9 Å². The highest BCUT2D eigenvalue weighted by Gasteiger charge is 2.24. The topological polar surface area (TPSA) is 167 Å². The van der Waals surface area contributed by atoms with E-state index in [2.05, 4.69) is 61.3 Å². The lowest BCUT2D eigenvalue weighted by molar-refractivity contribution is 0.122. The molecule has 8 heterocycles. The molecule has 20 heteroatoms. The third-order valence-electron chi connectivity index (χ3n) is 13.4. The van der Waals surface area contributed by atoms with Gasteiger partial charge in [-0.2, -0.15) is 0 Å². The van der Waals surface area contributed by atoms with Gasteiger partial charge in [-0.05, 0) is 65.1 Å². The molecule has 12 rings (SSSR count). The van der Waals surface area contributed by atoms with Gasteiger partial charge in [0.15, 0.2) is 0 Å². The van der Waals surface area contributed by atoms with E-state index in [1.807, 2.05) is 98.9 Å². The first-order valence-electron chi connectivity index (χ1n) is 25.6. The van der Waals surface area contributed by atoms with Gasteiger partial charge in [-0.3, -0.25) is 9.97 Å². The first-order valence-corrected chi connectivity index (χ1v) is 26.4. The van der Waals surface area contributed by atoms with Crippen molar-refractivity contribution >= 4 is 84.7 Å². The number of anilines is 6. The number of benzene rings is 4. The Bertz CT molecular complexity index is 3780. The number of ether oxygens (including phenoxy) is 2. The second-order valence-corrected chi connectivity index (χ2v) is 19.5. The Morgan fingerprint density at radius 2 is 0.988 bits per heavy atom. The van der Waals surface area contributed by atoms with Crippen LogP contribution in [0.4, 0.5) is 51.9 Å². The molecule has 2 fully saturated rings. The maximum atomic E-state index is 15.3. The van der Waals surface area contributed by atoms with Crippen molar-refractivity contribution < 1.29 is 37.1 Å². The average Bonchev–Trinajstić information content (AvgIpc) is 3.59. The molecule has 0 aliphatic carbocycles. The molecule has 80 heavy (non-hydrogen) atoms. The van der Waals surface area contributed by atoms with Gasteiger partial charge in [0.25, 0.3) is 0 Å². The number of fused-ring (bicyclic) bond motifs is 2. The van der Waals surface area contributed by atoms with Gasteiger partial charge >= 0.3 is 7.12 Å². The zero-order valence-corrected chi connectivity index (χ0v) is 45.0. The molecule has 0 atom stereocenters. The molecule has 0 radical (unpaired) electrons. The van der Waals surface area contributed by atoms with Crippen molar-refractivity contribution in [2.45, 2.75) is 13.8 Å². The highest BCUT2D eigenvalue weighted by Crippen LogP contribution is 2.41. The Labute approximate surface area is 467 Å². The van der Waals surface area contributed by atoms with Crippen LogP contribution in [0.2, 0.25) is 0 Å². The highest BCUT2D eigenvalue weighted by molar-refractivity contribution is 9.10. The van der Waals surface area contributed by atoms with Gasteiger partial charge in [0.05, 0.1) is 98.2 Å². The van der Waals surface area contributed by atoms with Crippen LogP contribution in [0.1, 0.15) is 11.1 Å². The van der Waals surface area contributed by atoms with Gasteiger partial charge in [0, 0.05) is 104 Å². The summed E-state index contributed by atoms with van der Waals surface area (Å²) in [5.41, 5.74) is 8.95. The molecule has 0 bridgehead atoms. The van der Waals surface area contributed by atoms with Crippen molar-refractivity contribution in [3.05, 3.63) is 197 Å². The molecule has 404 valence electrons. The number of rotatable bonds is 10. The molecule has 14 nitrogen and oxygen atoms in total. The van der Waals surface area contributed by atoms with Crippen molar-refractivity contribution in [3.63, 3.8) is 0 Å². The van der Waals surface area contributed by atoms with Gasteiger partial charge in [0.1, 0.15) is 34.9 Å². The number of halogens is 5. The van der Waals surface area contributed by atoms with Crippen LogP contribution in [0.15, 0.2) is 163 Å². The smallest absolute Gasteiger partial charge is 0.423 e. The predicted molar refractivity (Wildman–Crippen MR) is 310 cm³/mol. The summed E-state index contributed by atoms with van der Waals surface area (Å²) in [5.74, 6) is -1.16. The summed E-state index contributed by atoms with van der Waals surface area (Å²) in [4.78, 5) is 31.6. The van der Waals surface area contributed by atoms with E-state index in [-0.39, 0.29) is 21.8 Å². The molecule has 4 aromatic carbocycles. The highest BCUT2D eigenvalue weighted by atomic mass is 79.9. The fraction of sp³-hybridized carbons (Fsp3) is 0.167. The van der Waals surface area contributed by atoms with E-state index in [9.17, 15) is 8.78 Å². The van der Waals surface area contributed by atoms with Crippen LogP contribution in [0, 0.1) is 37.1 Å². The van der Waals surface area contributed by atoms with Gasteiger partial charge in [-0.15, -0.1) is 0 Å². The number of nitrogens with one attached hydrogen (secondary N) is 2. The zero-order chi connectivity index (χ0) is 55.7. The summed E-state index contributed by atoms with van der Waals surface area (Å²) in [6.45, 7) is 9.18. The molecule has 2 aliphatic heterocycles. The van der Waals surface area contributed by atoms with Gasteiger partial charge < -0.3 is 40.0 Å². The molecule has 4 N–H and O–H groups in total. The van der Waals surface area contributed by atoms with E-state index < -0.39 is 30.4 Å². The third kappa shape index (κ3) is 12.5.